The van der Waals surface area contributed by atoms with Gasteiger partial charge in [-0.1, -0.05) is 79.7 Å². The number of benzene rings is 3. The fraction of sp³-hybridized carbons (Fsp3) is 0.459. The van der Waals surface area contributed by atoms with Gasteiger partial charge in [0.05, 0.1) is 24.9 Å². The molecule has 0 aliphatic carbocycles. The summed E-state index contributed by atoms with van der Waals surface area (Å²) in [6, 6.07) is 21.8. The number of nitrogens with one attached hydrogen (secondary N) is 1. The fourth-order valence-corrected chi connectivity index (χ4v) is 7.08. The average Bonchev–Trinajstić information content (AvgIpc) is 3.76. The van der Waals surface area contributed by atoms with E-state index in [1.54, 1.807) is 0 Å². The molecule has 3 aromatic carbocycles. The lowest BCUT2D eigenvalue weighted by Crippen LogP contribution is -2.50. The Hall–Kier alpha value is -3.81. The van der Waals surface area contributed by atoms with Crippen LogP contribution in [0.4, 0.5) is 13.2 Å². The highest BCUT2D eigenvalue weighted by Crippen LogP contribution is 2.42. The number of β-amino-alcohol motifs (C(OH)–C–C–N with tert-alkyl or cyclic N) is 1. The van der Waals surface area contributed by atoms with Crippen LogP contribution < -0.4 is 5.32 Å². The molecule has 3 fully saturated rings. The Labute approximate surface area is 283 Å². The first-order valence-corrected chi connectivity index (χ1v) is 16.8. The number of aliphatic hydroxyl groups excluding tert-OH is 2. The van der Waals surface area contributed by atoms with Crippen LogP contribution in [0.25, 0.3) is 11.1 Å². The Morgan fingerprint density at radius 2 is 1.65 bits per heavy atom. The minimum absolute atomic E-state index is 0.0122. The normalized spacial score (nSPS) is 26.2. The third-order valence-corrected chi connectivity index (χ3v) is 9.83. The van der Waals surface area contributed by atoms with Gasteiger partial charge in [-0.3, -0.25) is 14.5 Å². The van der Waals surface area contributed by atoms with Gasteiger partial charge in [-0.15, -0.1) is 0 Å². The van der Waals surface area contributed by atoms with Crippen molar-refractivity contribution in [3.8, 4) is 11.1 Å². The van der Waals surface area contributed by atoms with Crippen molar-refractivity contribution in [2.24, 2.45) is 5.92 Å². The van der Waals surface area contributed by atoms with Crippen LogP contribution in [-0.2, 0) is 32.2 Å². The molecule has 3 aromatic rings. The van der Waals surface area contributed by atoms with Crippen LogP contribution in [0, 0.1) is 5.92 Å². The molecule has 3 N–H and O–H groups in total. The summed E-state index contributed by atoms with van der Waals surface area (Å²) in [5.74, 6) is -2.59. The zero-order valence-corrected chi connectivity index (χ0v) is 27.3. The number of hydrogen-bond donors (Lipinski definition) is 3. The van der Waals surface area contributed by atoms with E-state index in [4.69, 9.17) is 9.47 Å². The quantitative estimate of drug-likeness (QED) is 0.296. The van der Waals surface area contributed by atoms with Crippen molar-refractivity contribution in [3.63, 3.8) is 0 Å². The number of amides is 2. The zero-order chi connectivity index (χ0) is 34.7. The smallest absolute Gasteiger partial charge is 0.392 e. The molecule has 0 radical (unpaired) electrons. The number of hydrogen-bond acceptors (Lipinski definition) is 7. The standard InChI is InChI=1S/C37H42F3N3O6/c1-23-32(21-42-18-16-29(45)20-42)48-35(49-33(23)26-10-8-24(22-44)9-11-26)27-14-12-25(13-15-27)30-6-3-2-5-28(30)19-41-34(46)31-7-4-17-43(31)36(47)37(38,39)40/h2-3,5-6,8-15,23,29,31-33,35,44-45H,4,7,16-22H2,1H3,(H,41,46). The van der Waals surface area contributed by atoms with Gasteiger partial charge in [0.2, 0.25) is 5.91 Å². The lowest BCUT2D eigenvalue weighted by atomic mass is 9.90. The predicted molar refractivity (Wildman–Crippen MR) is 175 cm³/mol. The molecule has 3 aliphatic heterocycles. The number of carbonyl (C=O) groups is 2. The molecule has 6 unspecified atom stereocenters. The van der Waals surface area contributed by atoms with Crippen LogP contribution in [0.5, 0.6) is 0 Å². The number of carbonyl (C=O) groups excluding carboxylic acids is 2. The first-order valence-electron chi connectivity index (χ1n) is 16.8. The molecule has 9 nitrogen and oxygen atoms in total. The van der Waals surface area contributed by atoms with E-state index in [0.29, 0.717) is 24.4 Å². The minimum Gasteiger partial charge on any atom is -0.392 e. The van der Waals surface area contributed by atoms with E-state index in [1.165, 1.54) is 0 Å². The third kappa shape index (κ3) is 7.99. The van der Waals surface area contributed by atoms with Crippen LogP contribution in [0.15, 0.2) is 72.8 Å². The summed E-state index contributed by atoms with van der Waals surface area (Å²) in [6.45, 7) is 4.10. The number of halogens is 3. The molecule has 3 heterocycles. The maximum atomic E-state index is 13.1. The van der Waals surface area contributed by atoms with Gasteiger partial charge in [0.15, 0.2) is 6.29 Å². The topological polar surface area (TPSA) is 112 Å². The Bertz CT molecular complexity index is 1600. The summed E-state index contributed by atoms with van der Waals surface area (Å²) in [6.07, 6.45) is -5.23. The second kappa shape index (κ2) is 15.0. The highest BCUT2D eigenvalue weighted by atomic mass is 19.4. The van der Waals surface area contributed by atoms with Crippen LogP contribution in [0.1, 0.15) is 60.8 Å². The fourth-order valence-electron chi connectivity index (χ4n) is 7.08. The van der Waals surface area contributed by atoms with Crippen molar-refractivity contribution in [2.75, 3.05) is 26.2 Å². The molecule has 0 bridgehead atoms. The van der Waals surface area contributed by atoms with Gasteiger partial charge in [-0.25, -0.2) is 0 Å². The maximum Gasteiger partial charge on any atom is 0.471 e. The van der Waals surface area contributed by atoms with Gasteiger partial charge in [-0.05, 0) is 47.1 Å². The van der Waals surface area contributed by atoms with Gasteiger partial charge < -0.3 is 29.9 Å². The minimum atomic E-state index is -5.03. The van der Waals surface area contributed by atoms with Crippen LogP contribution in [-0.4, -0.2) is 82.4 Å². The summed E-state index contributed by atoms with van der Waals surface area (Å²) in [4.78, 5) is 27.6. The van der Waals surface area contributed by atoms with Gasteiger partial charge in [-0.2, -0.15) is 13.2 Å². The molecule has 0 spiro atoms. The van der Waals surface area contributed by atoms with Crippen molar-refractivity contribution in [1.82, 2.24) is 15.1 Å². The van der Waals surface area contributed by atoms with Crippen LogP contribution >= 0.6 is 0 Å². The van der Waals surface area contributed by atoms with E-state index in [-0.39, 0.29) is 50.3 Å². The Morgan fingerprint density at radius 1 is 0.939 bits per heavy atom. The van der Waals surface area contributed by atoms with E-state index >= 15 is 0 Å². The van der Waals surface area contributed by atoms with Gasteiger partial charge in [0, 0.05) is 44.2 Å². The van der Waals surface area contributed by atoms with Gasteiger partial charge in [0.25, 0.3) is 0 Å². The first kappa shape index (κ1) is 35.0. The second-order valence-electron chi connectivity index (χ2n) is 13.2. The molecular weight excluding hydrogens is 639 g/mol. The summed E-state index contributed by atoms with van der Waals surface area (Å²) in [5.41, 5.74) is 5.10. The number of aliphatic hydroxyl groups is 2. The molecule has 6 rings (SSSR count). The Kier molecular flexibility index (Phi) is 10.7. The number of nitrogens with zero attached hydrogens (tertiary/aromatic N) is 2. The summed E-state index contributed by atoms with van der Waals surface area (Å²) in [7, 11) is 0. The third-order valence-electron chi connectivity index (χ3n) is 9.83. The SMILES string of the molecule is CC1C(CN2CCC(O)C2)OC(c2ccc(-c3ccccc3CNC(=O)C3CCCN3C(=O)C(F)(F)F)cc2)OC1c1ccc(CO)cc1. The van der Waals surface area contributed by atoms with Gasteiger partial charge in [0.1, 0.15) is 6.04 Å². The summed E-state index contributed by atoms with van der Waals surface area (Å²) >= 11 is 0. The average molecular weight is 682 g/mol. The highest BCUT2D eigenvalue weighted by Gasteiger charge is 2.47. The number of alkyl halides is 3. The number of likely N-dealkylation sites (tertiary alicyclic amines) is 2. The second-order valence-corrected chi connectivity index (χ2v) is 13.2. The molecule has 3 saturated heterocycles. The number of ether oxygens (including phenoxy) is 2. The zero-order valence-electron chi connectivity index (χ0n) is 27.3. The lowest BCUT2D eigenvalue weighted by Gasteiger charge is -2.42. The van der Waals surface area contributed by atoms with Crippen LogP contribution in [0.3, 0.4) is 0 Å². The molecule has 0 saturated carbocycles. The molecule has 12 heteroatoms. The molecule has 0 aromatic heterocycles. The van der Waals surface area contributed by atoms with E-state index in [9.17, 15) is 33.0 Å². The predicted octanol–water partition coefficient (Wildman–Crippen LogP) is 4.87. The molecule has 6 atom stereocenters. The lowest BCUT2D eigenvalue weighted by molar-refractivity contribution is -0.276. The van der Waals surface area contributed by atoms with Crippen LogP contribution in [0.2, 0.25) is 0 Å². The number of rotatable bonds is 9. The van der Waals surface area contributed by atoms with E-state index in [1.807, 2.05) is 72.8 Å². The molecule has 2 amide bonds. The summed E-state index contributed by atoms with van der Waals surface area (Å²) < 4.78 is 52.4. The van der Waals surface area contributed by atoms with E-state index in [0.717, 1.165) is 46.3 Å². The summed E-state index contributed by atoms with van der Waals surface area (Å²) in [5, 5.41) is 22.4. The Morgan fingerprint density at radius 3 is 2.33 bits per heavy atom. The van der Waals surface area contributed by atoms with Crippen molar-refractivity contribution < 1.29 is 42.4 Å². The monoisotopic (exact) mass is 681 g/mol. The van der Waals surface area contributed by atoms with Crippen molar-refractivity contribution in [2.45, 2.75) is 76.2 Å². The van der Waals surface area contributed by atoms with E-state index in [2.05, 4.69) is 17.1 Å². The van der Waals surface area contributed by atoms with Crippen molar-refractivity contribution >= 4 is 11.8 Å². The molecule has 3 aliphatic rings. The molecular formula is C37H42F3N3O6. The molecule has 49 heavy (non-hydrogen) atoms. The Balaban J connectivity index is 1.17. The highest BCUT2D eigenvalue weighted by molar-refractivity contribution is 5.90. The maximum absolute atomic E-state index is 13.1. The first-order chi connectivity index (χ1) is 23.5. The largest absolute Gasteiger partial charge is 0.471 e. The molecule has 262 valence electrons. The van der Waals surface area contributed by atoms with Gasteiger partial charge >= 0.3 is 12.1 Å². The van der Waals surface area contributed by atoms with Crippen molar-refractivity contribution in [1.29, 1.82) is 0 Å². The van der Waals surface area contributed by atoms with E-state index < -0.39 is 30.3 Å². The van der Waals surface area contributed by atoms with Crippen molar-refractivity contribution in [3.05, 3.63) is 95.1 Å².